The van der Waals surface area contributed by atoms with Gasteiger partial charge >= 0.3 is 0 Å². The third-order valence-electron chi connectivity index (χ3n) is 3.75. The van der Waals surface area contributed by atoms with Gasteiger partial charge in [-0.1, -0.05) is 54.2 Å². The van der Waals surface area contributed by atoms with E-state index in [4.69, 9.17) is 4.74 Å². The van der Waals surface area contributed by atoms with Crippen molar-refractivity contribution in [1.82, 2.24) is 14.8 Å². The molecule has 0 atom stereocenters. The summed E-state index contributed by atoms with van der Waals surface area (Å²) in [7, 11) is 2.02. The molecular weight excluding hydrogens is 318 g/mol. The van der Waals surface area contributed by atoms with Crippen molar-refractivity contribution in [2.75, 3.05) is 12.4 Å². The predicted molar refractivity (Wildman–Crippen MR) is 98.5 cm³/mol. The van der Waals surface area contributed by atoms with E-state index in [1.165, 1.54) is 5.56 Å². The highest BCUT2D eigenvalue weighted by Crippen LogP contribution is 2.25. The Balaban J connectivity index is 1.52. The fraction of sp³-hybridized carbons (Fsp3) is 0.263. The van der Waals surface area contributed by atoms with Crippen molar-refractivity contribution in [2.45, 2.75) is 18.5 Å². The first-order chi connectivity index (χ1) is 11.8. The molecule has 2 aromatic carbocycles. The number of benzene rings is 2. The summed E-state index contributed by atoms with van der Waals surface area (Å²) in [5.41, 5.74) is 2.34. The number of ether oxygens (including phenoxy) is 1. The Hall–Kier alpha value is -2.27. The van der Waals surface area contributed by atoms with Gasteiger partial charge in [0.15, 0.2) is 11.0 Å². The Kier molecular flexibility index (Phi) is 5.54. The molecule has 0 N–H and O–H groups in total. The quantitative estimate of drug-likeness (QED) is 0.474. The van der Waals surface area contributed by atoms with Crippen molar-refractivity contribution >= 4 is 11.8 Å². The zero-order valence-corrected chi connectivity index (χ0v) is 14.8. The van der Waals surface area contributed by atoms with Crippen molar-refractivity contribution in [3.63, 3.8) is 0 Å². The molecule has 1 heterocycles. The topological polar surface area (TPSA) is 39.9 Å². The number of hydrogen-bond acceptors (Lipinski definition) is 4. The van der Waals surface area contributed by atoms with Crippen LogP contribution in [0.1, 0.15) is 12.0 Å². The Bertz CT molecular complexity index is 786. The minimum absolute atomic E-state index is 0.708. The van der Waals surface area contributed by atoms with Crippen LogP contribution in [-0.4, -0.2) is 27.1 Å². The zero-order chi connectivity index (χ0) is 16.8. The predicted octanol–water partition coefficient (Wildman–Crippen LogP) is 4.35. The van der Waals surface area contributed by atoms with Crippen molar-refractivity contribution in [3.05, 3.63) is 60.2 Å². The number of aryl methyl sites for hydroxylation is 1. The molecule has 0 aliphatic rings. The highest BCUT2D eigenvalue weighted by molar-refractivity contribution is 7.99. The SMILES string of the molecule is Cc1ccccc1-c1nnc(SCCCOc2ccccc2)n1C. The lowest BCUT2D eigenvalue weighted by Gasteiger charge is -2.07. The third-order valence-corrected chi connectivity index (χ3v) is 4.86. The molecule has 0 saturated heterocycles. The van der Waals surface area contributed by atoms with E-state index in [-0.39, 0.29) is 0 Å². The van der Waals surface area contributed by atoms with E-state index in [0.29, 0.717) is 6.61 Å². The van der Waals surface area contributed by atoms with Crippen LogP contribution in [0.25, 0.3) is 11.4 Å². The normalized spacial score (nSPS) is 10.8. The molecule has 0 bridgehead atoms. The molecule has 0 aliphatic heterocycles. The molecule has 1 aromatic heterocycles. The lowest BCUT2D eigenvalue weighted by Crippen LogP contribution is -2.00. The molecule has 3 aromatic rings. The molecule has 24 heavy (non-hydrogen) atoms. The zero-order valence-electron chi connectivity index (χ0n) is 14.0. The molecule has 0 radical (unpaired) electrons. The van der Waals surface area contributed by atoms with E-state index in [9.17, 15) is 0 Å². The molecular formula is C19H21N3OS. The Morgan fingerprint density at radius 3 is 2.54 bits per heavy atom. The maximum Gasteiger partial charge on any atom is 0.191 e. The number of hydrogen-bond donors (Lipinski definition) is 0. The second-order valence-corrected chi connectivity index (χ2v) is 6.61. The van der Waals surface area contributed by atoms with Gasteiger partial charge in [-0.3, -0.25) is 0 Å². The van der Waals surface area contributed by atoms with E-state index in [1.54, 1.807) is 11.8 Å². The summed E-state index contributed by atoms with van der Waals surface area (Å²) in [4.78, 5) is 0. The molecule has 0 unspecified atom stereocenters. The standard InChI is InChI=1S/C19H21N3OS/c1-15-9-6-7-12-17(15)18-20-21-19(22(18)2)24-14-8-13-23-16-10-4-3-5-11-16/h3-7,9-12H,8,13-14H2,1-2H3. The van der Waals surface area contributed by atoms with Crippen LogP contribution in [0.2, 0.25) is 0 Å². The molecule has 5 heteroatoms. The van der Waals surface area contributed by atoms with Crippen LogP contribution < -0.4 is 4.74 Å². The fourth-order valence-electron chi connectivity index (χ4n) is 2.43. The summed E-state index contributed by atoms with van der Waals surface area (Å²) in [6.07, 6.45) is 0.964. The van der Waals surface area contributed by atoms with E-state index >= 15 is 0 Å². The minimum atomic E-state index is 0.708. The molecule has 0 fully saturated rings. The summed E-state index contributed by atoms with van der Waals surface area (Å²) < 4.78 is 7.77. The number of aromatic nitrogens is 3. The van der Waals surface area contributed by atoms with Gasteiger partial charge in [0.1, 0.15) is 5.75 Å². The van der Waals surface area contributed by atoms with E-state index in [2.05, 4.69) is 33.8 Å². The second-order valence-electron chi connectivity index (χ2n) is 5.54. The number of thioether (sulfide) groups is 1. The second kappa shape index (κ2) is 8.02. The monoisotopic (exact) mass is 339 g/mol. The van der Waals surface area contributed by atoms with Gasteiger partial charge in [0.25, 0.3) is 0 Å². The molecule has 0 spiro atoms. The van der Waals surface area contributed by atoms with Gasteiger partial charge < -0.3 is 9.30 Å². The van der Waals surface area contributed by atoms with Gasteiger partial charge in [-0.05, 0) is 31.0 Å². The molecule has 3 rings (SSSR count). The average molecular weight is 339 g/mol. The Morgan fingerprint density at radius 1 is 1.00 bits per heavy atom. The van der Waals surface area contributed by atoms with E-state index in [1.807, 2.05) is 49.5 Å². The molecule has 124 valence electrons. The highest BCUT2D eigenvalue weighted by atomic mass is 32.2. The van der Waals surface area contributed by atoms with E-state index in [0.717, 1.165) is 34.5 Å². The van der Waals surface area contributed by atoms with Crippen LogP contribution in [0.4, 0.5) is 0 Å². The van der Waals surface area contributed by atoms with Crippen LogP contribution >= 0.6 is 11.8 Å². The summed E-state index contributed by atoms with van der Waals surface area (Å²) in [6, 6.07) is 18.2. The van der Waals surface area contributed by atoms with Gasteiger partial charge in [0.05, 0.1) is 6.61 Å². The molecule has 0 aliphatic carbocycles. The molecule has 4 nitrogen and oxygen atoms in total. The lowest BCUT2D eigenvalue weighted by molar-refractivity contribution is 0.318. The first kappa shape index (κ1) is 16.6. The Morgan fingerprint density at radius 2 is 1.75 bits per heavy atom. The lowest BCUT2D eigenvalue weighted by atomic mass is 10.1. The minimum Gasteiger partial charge on any atom is -0.494 e. The molecule has 0 saturated carbocycles. The van der Waals surface area contributed by atoms with E-state index < -0.39 is 0 Å². The summed E-state index contributed by atoms with van der Waals surface area (Å²) in [5, 5.41) is 9.62. The van der Waals surface area contributed by atoms with Crippen molar-refractivity contribution in [1.29, 1.82) is 0 Å². The van der Waals surface area contributed by atoms with Crippen molar-refractivity contribution in [2.24, 2.45) is 7.05 Å². The molecule has 0 amide bonds. The summed E-state index contributed by atoms with van der Waals surface area (Å²) in [5.74, 6) is 2.78. The summed E-state index contributed by atoms with van der Waals surface area (Å²) in [6.45, 7) is 2.80. The third kappa shape index (κ3) is 3.97. The Labute approximate surface area is 146 Å². The number of rotatable bonds is 7. The number of nitrogens with zero attached hydrogens (tertiary/aromatic N) is 3. The maximum atomic E-state index is 5.71. The largest absolute Gasteiger partial charge is 0.494 e. The summed E-state index contributed by atoms with van der Waals surface area (Å²) >= 11 is 1.71. The maximum absolute atomic E-state index is 5.71. The van der Waals surface area contributed by atoms with Crippen LogP contribution in [0, 0.1) is 6.92 Å². The van der Waals surface area contributed by atoms with Crippen molar-refractivity contribution < 1.29 is 4.74 Å². The van der Waals surface area contributed by atoms with Gasteiger partial charge in [-0.2, -0.15) is 0 Å². The van der Waals surface area contributed by atoms with Gasteiger partial charge in [-0.15, -0.1) is 10.2 Å². The van der Waals surface area contributed by atoms with Crippen LogP contribution in [0.3, 0.4) is 0 Å². The fourth-order valence-corrected chi connectivity index (χ4v) is 3.25. The highest BCUT2D eigenvalue weighted by Gasteiger charge is 2.12. The van der Waals surface area contributed by atoms with Gasteiger partial charge in [0, 0.05) is 18.4 Å². The number of para-hydroxylation sites is 1. The van der Waals surface area contributed by atoms with Crippen LogP contribution in [-0.2, 0) is 7.05 Å². The van der Waals surface area contributed by atoms with Gasteiger partial charge in [0.2, 0.25) is 0 Å². The van der Waals surface area contributed by atoms with Crippen molar-refractivity contribution in [3.8, 4) is 17.1 Å². The first-order valence-corrected chi connectivity index (χ1v) is 9.00. The average Bonchev–Trinajstić information content (AvgIpc) is 2.97. The first-order valence-electron chi connectivity index (χ1n) is 8.02. The van der Waals surface area contributed by atoms with Crippen LogP contribution in [0.15, 0.2) is 59.8 Å². The smallest absolute Gasteiger partial charge is 0.191 e. The van der Waals surface area contributed by atoms with Gasteiger partial charge in [-0.25, -0.2) is 0 Å². The van der Waals surface area contributed by atoms with Crippen LogP contribution in [0.5, 0.6) is 5.75 Å².